The smallest absolute Gasteiger partial charge is 0.123 e. The largest absolute Gasteiger partial charge is 0.387 e. The average Bonchev–Trinajstić information content (AvgIpc) is 2.86. The summed E-state index contributed by atoms with van der Waals surface area (Å²) in [6, 6.07) is 4.53. The molecule has 21 heavy (non-hydrogen) atoms. The van der Waals surface area contributed by atoms with Gasteiger partial charge in [0.05, 0.1) is 19.3 Å². The van der Waals surface area contributed by atoms with Crippen LogP contribution < -0.4 is 0 Å². The van der Waals surface area contributed by atoms with Crippen molar-refractivity contribution in [1.82, 2.24) is 4.90 Å². The van der Waals surface area contributed by atoms with Crippen molar-refractivity contribution in [2.75, 3.05) is 39.5 Å². The molecule has 2 heterocycles. The van der Waals surface area contributed by atoms with Crippen molar-refractivity contribution in [3.63, 3.8) is 0 Å². The molecule has 2 atom stereocenters. The topological polar surface area (TPSA) is 41.9 Å². The second kappa shape index (κ2) is 6.01. The number of nitrogens with zero attached hydrogens (tertiary/aromatic N) is 1. The number of aliphatic hydroxyl groups is 1. The van der Waals surface area contributed by atoms with Gasteiger partial charge in [-0.05, 0) is 30.2 Å². The van der Waals surface area contributed by atoms with Crippen molar-refractivity contribution in [1.29, 1.82) is 0 Å². The van der Waals surface area contributed by atoms with Gasteiger partial charge in [-0.1, -0.05) is 6.07 Å². The van der Waals surface area contributed by atoms with Crippen LogP contribution in [-0.4, -0.2) is 55.1 Å². The summed E-state index contributed by atoms with van der Waals surface area (Å²) in [6.07, 6.45) is 0.304. The standard InChI is InChI=1S/C16H22FNO3/c1-12-8-13(17)2-3-14(12)15(19)9-18-5-7-21-16(10-18)4-6-20-11-16/h2-3,8,15,19H,4-7,9-11H2,1H3. The first-order valence-electron chi connectivity index (χ1n) is 7.46. The minimum atomic E-state index is -0.608. The van der Waals surface area contributed by atoms with E-state index in [-0.39, 0.29) is 11.4 Å². The second-order valence-corrected chi connectivity index (χ2v) is 6.09. The number of aliphatic hydroxyl groups excluding tert-OH is 1. The number of β-amino-alcohol motifs (C(OH)–C–C–N with tert-alkyl or cyclic N) is 1. The van der Waals surface area contributed by atoms with Crippen LogP contribution in [0.4, 0.5) is 4.39 Å². The van der Waals surface area contributed by atoms with E-state index in [4.69, 9.17) is 9.47 Å². The van der Waals surface area contributed by atoms with E-state index in [1.54, 1.807) is 6.07 Å². The normalized spacial score (nSPS) is 28.1. The summed E-state index contributed by atoms with van der Waals surface area (Å²) in [7, 11) is 0. The third-order valence-corrected chi connectivity index (χ3v) is 4.42. The molecule has 0 saturated carbocycles. The maximum absolute atomic E-state index is 13.1. The van der Waals surface area contributed by atoms with Gasteiger partial charge in [-0.25, -0.2) is 4.39 Å². The number of hydrogen-bond acceptors (Lipinski definition) is 4. The molecule has 5 heteroatoms. The van der Waals surface area contributed by atoms with Crippen molar-refractivity contribution in [3.05, 3.63) is 35.1 Å². The molecular formula is C16H22FNO3. The molecule has 2 saturated heterocycles. The lowest BCUT2D eigenvalue weighted by molar-refractivity contribution is -0.114. The second-order valence-electron chi connectivity index (χ2n) is 6.09. The van der Waals surface area contributed by atoms with Gasteiger partial charge in [0.1, 0.15) is 11.4 Å². The van der Waals surface area contributed by atoms with Gasteiger partial charge in [0.15, 0.2) is 0 Å². The highest BCUT2D eigenvalue weighted by Crippen LogP contribution is 2.29. The highest BCUT2D eigenvalue weighted by molar-refractivity contribution is 5.28. The molecule has 0 amide bonds. The summed E-state index contributed by atoms with van der Waals surface area (Å²) in [5, 5.41) is 10.4. The quantitative estimate of drug-likeness (QED) is 0.921. The molecule has 2 aliphatic rings. The van der Waals surface area contributed by atoms with Crippen LogP contribution in [0, 0.1) is 12.7 Å². The fourth-order valence-corrected chi connectivity index (χ4v) is 3.26. The molecule has 2 fully saturated rings. The van der Waals surface area contributed by atoms with Crippen LogP contribution in [0.3, 0.4) is 0 Å². The fourth-order valence-electron chi connectivity index (χ4n) is 3.26. The summed E-state index contributed by atoms with van der Waals surface area (Å²) in [5.74, 6) is -0.267. The van der Waals surface area contributed by atoms with Gasteiger partial charge in [-0.3, -0.25) is 4.90 Å². The maximum Gasteiger partial charge on any atom is 0.123 e. The Kier molecular flexibility index (Phi) is 4.26. The van der Waals surface area contributed by atoms with E-state index in [0.29, 0.717) is 19.8 Å². The number of hydrogen-bond donors (Lipinski definition) is 1. The SMILES string of the molecule is Cc1cc(F)ccc1C(O)CN1CCOC2(CCOC2)C1. The predicted molar refractivity (Wildman–Crippen MR) is 76.7 cm³/mol. The van der Waals surface area contributed by atoms with Gasteiger partial charge in [0, 0.05) is 32.7 Å². The molecule has 0 aliphatic carbocycles. The number of aryl methyl sites for hydroxylation is 1. The maximum atomic E-state index is 13.1. The average molecular weight is 295 g/mol. The summed E-state index contributed by atoms with van der Waals surface area (Å²) < 4.78 is 24.5. The highest BCUT2D eigenvalue weighted by Gasteiger charge is 2.40. The van der Waals surface area contributed by atoms with E-state index < -0.39 is 6.10 Å². The highest BCUT2D eigenvalue weighted by atomic mass is 19.1. The Morgan fingerprint density at radius 1 is 1.43 bits per heavy atom. The minimum absolute atomic E-state index is 0.199. The first-order chi connectivity index (χ1) is 10.1. The van der Waals surface area contributed by atoms with E-state index in [1.807, 2.05) is 6.92 Å². The number of rotatable bonds is 3. The Labute approximate surface area is 124 Å². The van der Waals surface area contributed by atoms with E-state index >= 15 is 0 Å². The third kappa shape index (κ3) is 3.26. The van der Waals surface area contributed by atoms with Gasteiger partial charge in [0.25, 0.3) is 0 Å². The summed E-state index contributed by atoms with van der Waals surface area (Å²) >= 11 is 0. The van der Waals surface area contributed by atoms with E-state index in [2.05, 4.69) is 4.90 Å². The van der Waals surface area contributed by atoms with Crippen LogP contribution in [-0.2, 0) is 9.47 Å². The lowest BCUT2D eigenvalue weighted by atomic mass is 9.99. The number of ether oxygens (including phenoxy) is 2. The zero-order valence-corrected chi connectivity index (χ0v) is 12.3. The van der Waals surface area contributed by atoms with Crippen LogP contribution in [0.2, 0.25) is 0 Å². The van der Waals surface area contributed by atoms with Crippen LogP contribution >= 0.6 is 0 Å². The van der Waals surface area contributed by atoms with Crippen LogP contribution in [0.15, 0.2) is 18.2 Å². The molecule has 3 rings (SSSR count). The summed E-state index contributed by atoms with van der Waals surface area (Å²) in [4.78, 5) is 2.21. The molecular weight excluding hydrogens is 273 g/mol. The van der Waals surface area contributed by atoms with E-state index in [0.717, 1.165) is 37.2 Å². The number of benzene rings is 1. The number of morpholine rings is 1. The Morgan fingerprint density at radius 3 is 3.00 bits per heavy atom. The van der Waals surface area contributed by atoms with Gasteiger partial charge >= 0.3 is 0 Å². The minimum Gasteiger partial charge on any atom is -0.387 e. The van der Waals surface area contributed by atoms with Crippen molar-refractivity contribution >= 4 is 0 Å². The predicted octanol–water partition coefficient (Wildman–Crippen LogP) is 1.66. The molecule has 1 aromatic rings. The first-order valence-corrected chi connectivity index (χ1v) is 7.46. The van der Waals surface area contributed by atoms with E-state index in [1.165, 1.54) is 12.1 Å². The fraction of sp³-hybridized carbons (Fsp3) is 0.625. The summed E-state index contributed by atoms with van der Waals surface area (Å²) in [6.45, 7) is 6.00. The van der Waals surface area contributed by atoms with Gasteiger partial charge < -0.3 is 14.6 Å². The molecule has 1 aromatic carbocycles. The molecule has 2 aliphatic heterocycles. The number of halogens is 1. The molecule has 1 spiro atoms. The van der Waals surface area contributed by atoms with Crippen LogP contribution in [0.25, 0.3) is 0 Å². The molecule has 0 aromatic heterocycles. The Bertz CT molecular complexity index is 502. The van der Waals surface area contributed by atoms with Crippen molar-refractivity contribution in [2.24, 2.45) is 0 Å². The molecule has 0 bridgehead atoms. The third-order valence-electron chi connectivity index (χ3n) is 4.42. The Balaban J connectivity index is 1.65. The van der Waals surface area contributed by atoms with Gasteiger partial charge in [-0.15, -0.1) is 0 Å². The van der Waals surface area contributed by atoms with Crippen LogP contribution in [0.1, 0.15) is 23.7 Å². The lowest BCUT2D eigenvalue weighted by Gasteiger charge is -2.40. The molecule has 116 valence electrons. The molecule has 0 radical (unpaired) electrons. The van der Waals surface area contributed by atoms with Crippen molar-refractivity contribution < 1.29 is 19.0 Å². The molecule has 1 N–H and O–H groups in total. The van der Waals surface area contributed by atoms with E-state index in [9.17, 15) is 9.50 Å². The van der Waals surface area contributed by atoms with Gasteiger partial charge in [-0.2, -0.15) is 0 Å². The molecule has 4 nitrogen and oxygen atoms in total. The Morgan fingerprint density at radius 2 is 2.29 bits per heavy atom. The lowest BCUT2D eigenvalue weighted by Crippen LogP contribution is -2.53. The zero-order valence-electron chi connectivity index (χ0n) is 12.3. The van der Waals surface area contributed by atoms with Crippen LogP contribution in [0.5, 0.6) is 0 Å². The zero-order chi connectivity index (χ0) is 14.9. The van der Waals surface area contributed by atoms with Crippen molar-refractivity contribution in [3.8, 4) is 0 Å². The summed E-state index contributed by atoms with van der Waals surface area (Å²) in [5.41, 5.74) is 1.38. The van der Waals surface area contributed by atoms with Gasteiger partial charge in [0.2, 0.25) is 0 Å². The molecule has 2 unspecified atom stereocenters. The monoisotopic (exact) mass is 295 g/mol. The van der Waals surface area contributed by atoms with Crippen molar-refractivity contribution in [2.45, 2.75) is 25.0 Å². The Hall–Kier alpha value is -1.01. The first kappa shape index (κ1) is 14.9.